The van der Waals surface area contributed by atoms with E-state index in [1.807, 2.05) is 30.3 Å². The molecular weight excluding hydrogens is 352 g/mol. The van der Waals surface area contributed by atoms with Crippen molar-refractivity contribution >= 4 is 23.9 Å². The molecule has 1 atom stereocenters. The van der Waals surface area contributed by atoms with Gasteiger partial charge in [-0.25, -0.2) is 0 Å². The van der Waals surface area contributed by atoms with Crippen LogP contribution in [0.2, 0.25) is 5.02 Å². The van der Waals surface area contributed by atoms with Crippen molar-refractivity contribution in [1.82, 2.24) is 9.80 Å². The van der Waals surface area contributed by atoms with Crippen LogP contribution >= 0.6 is 11.6 Å². The van der Waals surface area contributed by atoms with E-state index < -0.39 is 0 Å². The number of amides is 2. The third-order valence-corrected chi connectivity index (χ3v) is 5.00. The largest absolute Gasteiger partial charge is 0.508 e. The summed E-state index contributed by atoms with van der Waals surface area (Å²) in [6.45, 7) is 2.16. The van der Waals surface area contributed by atoms with Crippen LogP contribution in [0.1, 0.15) is 23.5 Å². The maximum atomic E-state index is 12.9. The molecule has 136 valence electrons. The third-order valence-electron chi connectivity index (χ3n) is 4.76. The Balaban J connectivity index is 1.84. The van der Waals surface area contributed by atoms with E-state index in [4.69, 9.17) is 11.6 Å². The molecule has 1 unspecified atom stereocenters. The molecule has 1 fully saturated rings. The van der Waals surface area contributed by atoms with E-state index in [0.29, 0.717) is 36.8 Å². The van der Waals surface area contributed by atoms with Gasteiger partial charge in [-0.05, 0) is 23.8 Å². The Hall–Kier alpha value is -2.53. The maximum absolute atomic E-state index is 12.9. The molecule has 1 heterocycles. The normalized spacial score (nSPS) is 15.6. The van der Waals surface area contributed by atoms with Crippen LogP contribution in [0.4, 0.5) is 0 Å². The van der Waals surface area contributed by atoms with Crippen LogP contribution in [-0.2, 0) is 9.59 Å². The molecule has 3 rings (SSSR count). The van der Waals surface area contributed by atoms with Gasteiger partial charge in [0.15, 0.2) is 0 Å². The van der Waals surface area contributed by atoms with Gasteiger partial charge in [0, 0.05) is 49.1 Å². The Morgan fingerprint density at radius 2 is 1.81 bits per heavy atom. The van der Waals surface area contributed by atoms with Gasteiger partial charge in [-0.15, -0.1) is 0 Å². The van der Waals surface area contributed by atoms with Crippen LogP contribution < -0.4 is 0 Å². The minimum atomic E-state index is -0.286. The predicted molar refractivity (Wildman–Crippen MR) is 100 cm³/mol. The van der Waals surface area contributed by atoms with Crippen LogP contribution in [0, 0.1) is 0 Å². The van der Waals surface area contributed by atoms with Crippen molar-refractivity contribution < 1.29 is 14.7 Å². The zero-order valence-corrected chi connectivity index (χ0v) is 15.1. The van der Waals surface area contributed by atoms with E-state index in [0.717, 1.165) is 12.0 Å². The zero-order chi connectivity index (χ0) is 18.5. The maximum Gasteiger partial charge on any atom is 0.223 e. The summed E-state index contributed by atoms with van der Waals surface area (Å²) >= 11 is 6.12. The minimum absolute atomic E-state index is 0.00350. The summed E-state index contributed by atoms with van der Waals surface area (Å²) in [5, 5.41) is 10.8. The molecule has 1 aliphatic rings. The molecule has 0 aliphatic carbocycles. The van der Waals surface area contributed by atoms with Crippen LogP contribution in [0.15, 0.2) is 48.5 Å². The summed E-state index contributed by atoms with van der Waals surface area (Å²) in [4.78, 5) is 27.1. The fourth-order valence-electron chi connectivity index (χ4n) is 3.28. The third kappa shape index (κ3) is 4.17. The Labute approximate surface area is 157 Å². The summed E-state index contributed by atoms with van der Waals surface area (Å²) < 4.78 is 0. The molecule has 5 nitrogen and oxygen atoms in total. The lowest BCUT2D eigenvalue weighted by atomic mass is 9.87. The summed E-state index contributed by atoms with van der Waals surface area (Å²) in [6, 6.07) is 14.5. The highest BCUT2D eigenvalue weighted by molar-refractivity contribution is 6.30. The van der Waals surface area contributed by atoms with E-state index in [2.05, 4.69) is 0 Å². The fourth-order valence-corrected chi connectivity index (χ4v) is 3.46. The van der Waals surface area contributed by atoms with Crippen molar-refractivity contribution in [3.63, 3.8) is 0 Å². The molecule has 1 N–H and O–H groups in total. The molecule has 1 aliphatic heterocycles. The number of phenols is 1. The van der Waals surface area contributed by atoms with E-state index in [-0.39, 0.29) is 24.0 Å². The Morgan fingerprint density at radius 3 is 2.46 bits per heavy atom. The van der Waals surface area contributed by atoms with Gasteiger partial charge in [-0.1, -0.05) is 41.9 Å². The van der Waals surface area contributed by atoms with Crippen LogP contribution in [0.25, 0.3) is 0 Å². The second-order valence-electron chi connectivity index (χ2n) is 6.39. The van der Waals surface area contributed by atoms with E-state index in [9.17, 15) is 14.7 Å². The number of aromatic hydroxyl groups is 1. The molecular formula is C20H21ClN2O3. The minimum Gasteiger partial charge on any atom is -0.508 e. The number of phenolic OH excluding ortho intramolecular Hbond substituents is 1. The number of hydrogen-bond acceptors (Lipinski definition) is 3. The lowest BCUT2D eigenvalue weighted by Gasteiger charge is -2.33. The van der Waals surface area contributed by atoms with Gasteiger partial charge in [-0.3, -0.25) is 9.59 Å². The van der Waals surface area contributed by atoms with Gasteiger partial charge in [0.25, 0.3) is 0 Å². The second-order valence-corrected chi connectivity index (χ2v) is 6.83. The number of carbonyl (C=O) groups is 2. The highest BCUT2D eigenvalue weighted by Gasteiger charge is 2.26. The monoisotopic (exact) mass is 372 g/mol. The van der Waals surface area contributed by atoms with Crippen molar-refractivity contribution in [2.24, 2.45) is 0 Å². The summed E-state index contributed by atoms with van der Waals surface area (Å²) in [7, 11) is 0. The van der Waals surface area contributed by atoms with E-state index in [1.54, 1.807) is 28.0 Å². The Morgan fingerprint density at radius 1 is 1.12 bits per heavy atom. The average Bonchev–Trinajstić information content (AvgIpc) is 2.68. The van der Waals surface area contributed by atoms with Crippen molar-refractivity contribution in [2.75, 3.05) is 26.2 Å². The summed E-state index contributed by atoms with van der Waals surface area (Å²) in [5.41, 5.74) is 1.59. The standard InChI is InChI=1S/C20H21ClN2O3/c21-16-6-7-19(25)18(12-16)17(15-4-2-1-3-5-15)13-20(26)23-10-8-22(14-24)9-11-23/h1-7,12,14,17,25H,8-11,13H2. The van der Waals surface area contributed by atoms with Gasteiger partial charge < -0.3 is 14.9 Å². The molecule has 0 saturated carbocycles. The number of piperazine rings is 1. The molecule has 1 saturated heterocycles. The quantitative estimate of drug-likeness (QED) is 0.821. The van der Waals surface area contributed by atoms with Gasteiger partial charge in [0.05, 0.1) is 0 Å². The fraction of sp³-hybridized carbons (Fsp3) is 0.300. The summed E-state index contributed by atoms with van der Waals surface area (Å²) in [6.07, 6.45) is 1.05. The first-order valence-electron chi connectivity index (χ1n) is 8.59. The number of hydrogen-bond donors (Lipinski definition) is 1. The molecule has 0 radical (unpaired) electrons. The van der Waals surface area contributed by atoms with Crippen LogP contribution in [0.3, 0.4) is 0 Å². The number of halogens is 1. The Bertz CT molecular complexity index is 774. The lowest BCUT2D eigenvalue weighted by molar-refractivity contribution is -0.135. The topological polar surface area (TPSA) is 60.9 Å². The SMILES string of the molecule is O=CN1CCN(C(=O)CC(c2ccccc2)c2cc(Cl)ccc2O)CC1. The number of nitrogens with zero attached hydrogens (tertiary/aromatic N) is 2. The van der Waals surface area contributed by atoms with Crippen molar-refractivity contribution in [2.45, 2.75) is 12.3 Å². The first-order chi connectivity index (χ1) is 12.6. The second kappa shape index (κ2) is 8.23. The molecule has 2 aromatic carbocycles. The summed E-state index contributed by atoms with van der Waals surface area (Å²) in [5.74, 6) is -0.155. The highest BCUT2D eigenvalue weighted by atomic mass is 35.5. The lowest BCUT2D eigenvalue weighted by Crippen LogP contribution is -2.48. The van der Waals surface area contributed by atoms with Gasteiger partial charge in [-0.2, -0.15) is 0 Å². The van der Waals surface area contributed by atoms with Crippen molar-refractivity contribution in [3.05, 3.63) is 64.7 Å². The average molecular weight is 373 g/mol. The molecule has 26 heavy (non-hydrogen) atoms. The highest BCUT2D eigenvalue weighted by Crippen LogP contribution is 2.36. The van der Waals surface area contributed by atoms with E-state index >= 15 is 0 Å². The smallest absolute Gasteiger partial charge is 0.223 e. The van der Waals surface area contributed by atoms with Gasteiger partial charge in [0.2, 0.25) is 12.3 Å². The van der Waals surface area contributed by atoms with E-state index in [1.165, 1.54) is 0 Å². The first-order valence-corrected chi connectivity index (χ1v) is 8.96. The van der Waals surface area contributed by atoms with Crippen LogP contribution in [0.5, 0.6) is 5.75 Å². The first kappa shape index (κ1) is 18.3. The molecule has 0 aromatic heterocycles. The number of rotatable bonds is 5. The van der Waals surface area contributed by atoms with Crippen molar-refractivity contribution in [1.29, 1.82) is 0 Å². The molecule has 6 heteroatoms. The predicted octanol–water partition coefficient (Wildman–Crippen LogP) is 2.87. The van der Waals surface area contributed by atoms with Gasteiger partial charge in [0.1, 0.15) is 5.75 Å². The number of carbonyl (C=O) groups excluding carboxylic acids is 2. The van der Waals surface area contributed by atoms with Gasteiger partial charge >= 0.3 is 0 Å². The van der Waals surface area contributed by atoms with Crippen LogP contribution in [-0.4, -0.2) is 53.4 Å². The Kier molecular flexibility index (Phi) is 5.78. The molecule has 2 aromatic rings. The number of benzene rings is 2. The van der Waals surface area contributed by atoms with Crippen molar-refractivity contribution in [3.8, 4) is 5.75 Å². The zero-order valence-electron chi connectivity index (χ0n) is 14.3. The molecule has 2 amide bonds. The molecule has 0 bridgehead atoms. The molecule has 0 spiro atoms.